The maximum atomic E-state index is 2.50. The van der Waals surface area contributed by atoms with E-state index in [1.54, 1.807) is 0 Å². The van der Waals surface area contributed by atoms with E-state index in [1.807, 2.05) is 0 Å². The van der Waals surface area contributed by atoms with Gasteiger partial charge in [-0.1, -0.05) is 309 Å². The molecule has 0 bridgehead atoms. The summed E-state index contributed by atoms with van der Waals surface area (Å²) >= 11 is 0. The number of hydrogen-bond donors (Lipinski definition) is 0. The molecule has 14 aromatic carbocycles. The fourth-order valence-corrected chi connectivity index (χ4v) is 18.4. The van der Waals surface area contributed by atoms with Gasteiger partial charge in [-0.25, -0.2) is 0 Å². The summed E-state index contributed by atoms with van der Waals surface area (Å²) in [5, 5.41) is 0. The van der Waals surface area contributed by atoms with Crippen molar-refractivity contribution < 1.29 is 0 Å². The molecule has 0 saturated heterocycles. The minimum atomic E-state index is -0.160. The molecule has 0 aliphatic heterocycles. The predicted molar refractivity (Wildman–Crippen MR) is 453 cm³/mol. The van der Waals surface area contributed by atoms with Crippen LogP contribution in [0.15, 0.2) is 358 Å². The molecule has 2 nitrogen and oxygen atoms in total. The van der Waals surface area contributed by atoms with Crippen LogP contribution in [-0.2, 0) is 16.2 Å². The lowest BCUT2D eigenvalue weighted by atomic mass is 9.72. The Hall–Kier alpha value is -12.4. The molecule has 0 amide bonds. The number of anilines is 6. The van der Waals surface area contributed by atoms with Crippen molar-refractivity contribution >= 4 is 50.8 Å². The lowest BCUT2D eigenvalue weighted by Crippen LogP contribution is -2.24. The van der Waals surface area contributed by atoms with Crippen molar-refractivity contribution in [3.63, 3.8) is 0 Å². The number of nitrogens with zero attached hydrogens (tertiary/aromatic N) is 2. The highest BCUT2D eigenvalue weighted by molar-refractivity contribution is 5.94. The smallest absolute Gasteiger partial charge is 0.0473 e. The number of allylic oxidation sites excluding steroid dienone is 8. The molecule has 0 saturated carbocycles. The lowest BCUT2D eigenvalue weighted by molar-refractivity contribution is 0.418. The minimum absolute atomic E-state index is 0.0828. The van der Waals surface area contributed by atoms with Gasteiger partial charge >= 0.3 is 0 Å². The van der Waals surface area contributed by atoms with Crippen LogP contribution in [0.1, 0.15) is 105 Å². The van der Waals surface area contributed by atoms with E-state index in [9.17, 15) is 0 Å². The van der Waals surface area contributed by atoms with Gasteiger partial charge in [0.05, 0.1) is 0 Å². The molecule has 0 N–H and O–H groups in total. The van der Waals surface area contributed by atoms with Crippen LogP contribution in [0.2, 0.25) is 0 Å². The van der Waals surface area contributed by atoms with Crippen LogP contribution in [0.25, 0.3) is 106 Å². The van der Waals surface area contributed by atoms with Crippen molar-refractivity contribution in [2.75, 3.05) is 9.80 Å². The monoisotopic (exact) mass is 1370 g/mol. The normalized spacial score (nSPS) is 15.7. The molecule has 0 spiro atoms. The maximum absolute atomic E-state index is 2.50. The Morgan fingerprint density at radius 3 is 1.12 bits per heavy atom. The van der Waals surface area contributed by atoms with Gasteiger partial charge in [-0.2, -0.15) is 0 Å². The topological polar surface area (TPSA) is 6.48 Å². The molecule has 514 valence electrons. The lowest BCUT2D eigenvalue weighted by Gasteiger charge is -2.31. The van der Waals surface area contributed by atoms with Gasteiger partial charge in [-0.3, -0.25) is 0 Å². The van der Waals surface area contributed by atoms with Crippen molar-refractivity contribution in [1.29, 1.82) is 0 Å². The third-order valence-electron chi connectivity index (χ3n) is 24.2. The second kappa shape index (κ2) is 26.1. The Kier molecular flexibility index (Phi) is 15.9. The van der Waals surface area contributed by atoms with Gasteiger partial charge in [-0.05, 0) is 272 Å². The second-order valence-electron chi connectivity index (χ2n) is 31.6. The van der Waals surface area contributed by atoms with Crippen LogP contribution >= 0.6 is 0 Å². The summed E-state index contributed by atoms with van der Waals surface area (Å²) in [6.45, 7) is 14.5. The van der Waals surface area contributed by atoms with Gasteiger partial charge in [0.1, 0.15) is 0 Å². The fourth-order valence-electron chi connectivity index (χ4n) is 18.4. The Morgan fingerprint density at radius 2 is 0.636 bits per heavy atom. The minimum Gasteiger partial charge on any atom is -0.310 e. The zero-order valence-corrected chi connectivity index (χ0v) is 61.7. The summed E-state index contributed by atoms with van der Waals surface area (Å²) in [5.41, 5.74) is 40.9. The van der Waals surface area contributed by atoms with Crippen LogP contribution in [0.4, 0.5) is 34.1 Å². The fraction of sp³-hybridized carbons (Fsp3) is 0.124. The molecule has 2 heteroatoms. The molecule has 1 atom stereocenters. The van der Waals surface area contributed by atoms with Crippen LogP contribution in [-0.4, -0.2) is 0 Å². The summed E-state index contributed by atoms with van der Waals surface area (Å²) in [6.07, 6.45) is 14.7. The number of hydrogen-bond acceptors (Lipinski definition) is 2. The molecule has 0 fully saturated rings. The Labute approximate surface area is 631 Å². The molecule has 0 heterocycles. The van der Waals surface area contributed by atoms with E-state index in [0.29, 0.717) is 5.92 Å². The van der Waals surface area contributed by atoms with E-state index in [2.05, 4.69) is 409 Å². The van der Waals surface area contributed by atoms with Crippen molar-refractivity contribution in [2.45, 2.75) is 77.0 Å². The Morgan fingerprint density at radius 1 is 0.252 bits per heavy atom. The quantitative estimate of drug-likeness (QED) is 0.107. The number of rotatable bonds is 14. The van der Waals surface area contributed by atoms with Crippen LogP contribution < -0.4 is 9.80 Å². The summed E-state index contributed by atoms with van der Waals surface area (Å²) in [5.74, 6) is 0.348. The van der Waals surface area contributed by atoms with E-state index < -0.39 is 0 Å². The molecule has 107 heavy (non-hydrogen) atoms. The standard InChI is InChI=1S/C105H84N2/c1-103(2)97-39-21-19-37-91(97)95-55-51-87(67-101(95)103)106(89-61-81(69-25-11-7-12-26-69)57-82(62-89)70-27-13-8-14-28-70)85-35-23-33-77(59-85)73-41-45-75(46-42-73)79-49-53-93-94-54-50-80(66-100(94)105(5,6)99(93)65-79)76-47-43-74(44-48-76)78-34-24-36-86(60-78)107(88-52-56-96-92-38-20-22-40-98(92)104(3,4)102(96)68-88)90-63-83(71-29-15-9-16-30-71)58-84(64-90)72-31-17-10-18-32-72/h7-17,19-31,33-65,67-68,100H,18,32,66H2,1-6H3. The van der Waals surface area contributed by atoms with E-state index in [1.165, 1.54) is 150 Å². The van der Waals surface area contributed by atoms with Gasteiger partial charge in [0, 0.05) is 45.0 Å². The Bertz CT molecular complexity index is 5920. The van der Waals surface area contributed by atoms with Crippen molar-refractivity contribution in [3.05, 3.63) is 402 Å². The maximum Gasteiger partial charge on any atom is 0.0473 e. The molecule has 14 aromatic rings. The number of fused-ring (bicyclic) bond motifs is 9. The molecular weight excluding hydrogens is 1290 g/mol. The molecule has 5 aliphatic rings. The first-order valence-electron chi connectivity index (χ1n) is 38.2. The number of benzene rings is 14. The van der Waals surface area contributed by atoms with E-state index in [0.717, 1.165) is 53.4 Å². The summed E-state index contributed by atoms with van der Waals surface area (Å²) in [6, 6.07) is 123. The zero-order chi connectivity index (χ0) is 72.1. The average molecular weight is 1370 g/mol. The van der Waals surface area contributed by atoms with Crippen LogP contribution in [0, 0.1) is 5.92 Å². The summed E-state index contributed by atoms with van der Waals surface area (Å²) in [4.78, 5) is 4.98. The first kappa shape index (κ1) is 65.4. The van der Waals surface area contributed by atoms with Gasteiger partial charge in [0.15, 0.2) is 0 Å². The third-order valence-corrected chi connectivity index (χ3v) is 24.2. The van der Waals surface area contributed by atoms with Gasteiger partial charge in [-0.15, -0.1) is 0 Å². The van der Waals surface area contributed by atoms with Crippen molar-refractivity contribution in [3.8, 4) is 89.0 Å². The van der Waals surface area contributed by atoms with Gasteiger partial charge < -0.3 is 9.80 Å². The van der Waals surface area contributed by atoms with Gasteiger partial charge in [0.2, 0.25) is 0 Å². The van der Waals surface area contributed by atoms with Gasteiger partial charge in [0.25, 0.3) is 0 Å². The van der Waals surface area contributed by atoms with Crippen LogP contribution in [0.3, 0.4) is 0 Å². The third kappa shape index (κ3) is 11.5. The largest absolute Gasteiger partial charge is 0.310 e. The average Bonchev–Trinajstić information content (AvgIpc) is 1.59. The molecule has 1 unspecified atom stereocenters. The molecular formula is C105H84N2. The molecule has 0 aromatic heterocycles. The first-order chi connectivity index (χ1) is 52.3. The highest BCUT2D eigenvalue weighted by Crippen LogP contribution is 2.57. The predicted octanol–water partition coefficient (Wildman–Crippen LogP) is 28.8. The molecule has 5 aliphatic carbocycles. The first-order valence-corrected chi connectivity index (χ1v) is 38.2. The molecule has 0 radical (unpaired) electrons. The van der Waals surface area contributed by atoms with Crippen molar-refractivity contribution in [2.24, 2.45) is 5.92 Å². The Balaban J connectivity index is 0.608. The van der Waals surface area contributed by atoms with E-state index in [-0.39, 0.29) is 16.2 Å². The zero-order valence-electron chi connectivity index (χ0n) is 61.7. The molecule has 19 rings (SSSR count). The summed E-state index contributed by atoms with van der Waals surface area (Å²) < 4.78 is 0. The highest BCUT2D eigenvalue weighted by atomic mass is 15.1. The SMILES string of the molecule is CC1(C)c2ccccc2-c2ccc(N(c3cccc(-c4ccc(C5=CC=C6c7ccc(-c8ccc(-c9cccc(N(c%10cc(-c%11ccccc%11)cc(-c%11ccccc%11)c%10)c%10ccc%11c(c%10)C(C)(C)c%10ccccc%10-%11)c9)cc8)cc7C(C)(C)C6C5)cc4)c3)c3cc(C4=CC=CCC4)cc(-c4ccccc4)c3)cc21. The van der Waals surface area contributed by atoms with E-state index >= 15 is 0 Å². The van der Waals surface area contributed by atoms with Crippen molar-refractivity contribution in [1.82, 2.24) is 0 Å². The second-order valence-corrected chi connectivity index (χ2v) is 31.6. The van der Waals surface area contributed by atoms with Crippen LogP contribution in [0.5, 0.6) is 0 Å². The summed E-state index contributed by atoms with van der Waals surface area (Å²) in [7, 11) is 0. The van der Waals surface area contributed by atoms with E-state index in [4.69, 9.17) is 0 Å². The highest BCUT2D eigenvalue weighted by Gasteiger charge is 2.44.